The number of carbonyl (C=O) groups is 1. The summed E-state index contributed by atoms with van der Waals surface area (Å²) in [5.41, 5.74) is 7.78. The Kier molecular flexibility index (Phi) is 4.04. The van der Waals surface area contributed by atoms with Crippen LogP contribution in [-0.4, -0.2) is 5.97 Å². The second-order valence-corrected chi connectivity index (χ2v) is 5.69. The predicted octanol–water partition coefficient (Wildman–Crippen LogP) is 3.76. The summed E-state index contributed by atoms with van der Waals surface area (Å²) >= 11 is 4.94. The molecule has 0 saturated heterocycles. The summed E-state index contributed by atoms with van der Waals surface area (Å²) in [4.78, 5) is 12.8. The lowest BCUT2D eigenvalue weighted by Crippen LogP contribution is -2.05. The zero-order chi connectivity index (χ0) is 13.1. The Morgan fingerprint density at radius 3 is 2.83 bits per heavy atom. The fourth-order valence-corrected chi connectivity index (χ4v) is 2.82. The lowest BCUT2D eigenvalue weighted by molar-refractivity contribution is 0.0476. The Morgan fingerprint density at radius 1 is 1.44 bits per heavy atom. The largest absolute Gasteiger partial charge is 0.456 e. The van der Waals surface area contributed by atoms with Crippen molar-refractivity contribution in [2.75, 3.05) is 5.73 Å². The summed E-state index contributed by atoms with van der Waals surface area (Å²) in [6.07, 6.45) is 0. The quantitative estimate of drug-likeness (QED) is 0.690. The van der Waals surface area contributed by atoms with E-state index in [4.69, 9.17) is 10.5 Å². The molecule has 0 spiro atoms. The number of nitrogens with two attached hydrogens (primary N) is 1. The van der Waals surface area contributed by atoms with Crippen LogP contribution in [0.3, 0.4) is 0 Å². The van der Waals surface area contributed by atoms with Gasteiger partial charge >= 0.3 is 5.97 Å². The number of hydrogen-bond acceptors (Lipinski definition) is 4. The molecule has 3 nitrogen and oxygen atoms in total. The summed E-state index contributed by atoms with van der Waals surface area (Å²) in [5.74, 6) is -0.335. The first kappa shape index (κ1) is 13.1. The minimum absolute atomic E-state index is 0.278. The van der Waals surface area contributed by atoms with Crippen LogP contribution in [-0.2, 0) is 11.3 Å². The van der Waals surface area contributed by atoms with Crippen molar-refractivity contribution in [1.82, 2.24) is 0 Å². The van der Waals surface area contributed by atoms with E-state index in [0.29, 0.717) is 11.3 Å². The van der Waals surface area contributed by atoms with E-state index >= 15 is 0 Å². The van der Waals surface area contributed by atoms with Crippen molar-refractivity contribution >= 4 is 38.9 Å². The van der Waals surface area contributed by atoms with Crippen molar-refractivity contribution in [2.45, 2.75) is 13.5 Å². The highest BCUT2D eigenvalue weighted by Crippen LogP contribution is 2.23. The van der Waals surface area contributed by atoms with Crippen LogP contribution >= 0.6 is 27.3 Å². The zero-order valence-corrected chi connectivity index (χ0v) is 12.2. The standard InChI is InChI=1S/C13H12BrNO2S/c1-8-6-9(2-3-11(8)15)13(16)17-7-12-10(14)4-5-18-12/h2-6H,7,15H2,1H3. The maximum atomic E-state index is 11.8. The first-order chi connectivity index (χ1) is 8.58. The minimum Gasteiger partial charge on any atom is -0.456 e. The van der Waals surface area contributed by atoms with Crippen LogP contribution in [0.2, 0.25) is 0 Å². The molecule has 94 valence electrons. The van der Waals surface area contributed by atoms with Gasteiger partial charge in [-0.1, -0.05) is 0 Å². The van der Waals surface area contributed by atoms with E-state index in [1.165, 1.54) is 0 Å². The molecule has 2 aromatic rings. The van der Waals surface area contributed by atoms with Crippen molar-refractivity contribution < 1.29 is 9.53 Å². The molecule has 0 atom stereocenters. The van der Waals surface area contributed by atoms with Gasteiger partial charge in [0.2, 0.25) is 0 Å². The van der Waals surface area contributed by atoms with Gasteiger partial charge in [-0.05, 0) is 58.1 Å². The molecule has 2 rings (SSSR count). The summed E-state index contributed by atoms with van der Waals surface area (Å²) < 4.78 is 6.22. The summed E-state index contributed by atoms with van der Waals surface area (Å²) in [7, 11) is 0. The Morgan fingerprint density at radius 2 is 2.22 bits per heavy atom. The van der Waals surface area contributed by atoms with Crippen LogP contribution in [0.25, 0.3) is 0 Å². The normalized spacial score (nSPS) is 10.3. The summed E-state index contributed by atoms with van der Waals surface area (Å²) in [6, 6.07) is 7.06. The second-order valence-electron chi connectivity index (χ2n) is 3.84. The molecule has 1 aromatic heterocycles. The van der Waals surface area contributed by atoms with E-state index in [1.807, 2.05) is 18.4 Å². The molecular formula is C13H12BrNO2S. The lowest BCUT2D eigenvalue weighted by atomic mass is 10.1. The Labute approximate surface area is 118 Å². The van der Waals surface area contributed by atoms with Gasteiger partial charge in [-0.15, -0.1) is 11.3 Å². The van der Waals surface area contributed by atoms with E-state index in [1.54, 1.807) is 29.5 Å². The Balaban J connectivity index is 2.04. The minimum atomic E-state index is -0.335. The van der Waals surface area contributed by atoms with Crippen molar-refractivity contribution in [3.63, 3.8) is 0 Å². The van der Waals surface area contributed by atoms with Crippen LogP contribution < -0.4 is 5.73 Å². The smallest absolute Gasteiger partial charge is 0.338 e. The van der Waals surface area contributed by atoms with E-state index < -0.39 is 0 Å². The molecule has 18 heavy (non-hydrogen) atoms. The van der Waals surface area contributed by atoms with Crippen molar-refractivity contribution in [3.05, 3.63) is 50.1 Å². The summed E-state index contributed by atoms with van der Waals surface area (Å²) in [6.45, 7) is 2.14. The van der Waals surface area contributed by atoms with E-state index in [9.17, 15) is 4.79 Å². The SMILES string of the molecule is Cc1cc(C(=O)OCc2sccc2Br)ccc1N. The molecule has 0 aliphatic carbocycles. The van der Waals surface area contributed by atoms with E-state index in [2.05, 4.69) is 15.9 Å². The topological polar surface area (TPSA) is 52.3 Å². The monoisotopic (exact) mass is 325 g/mol. The van der Waals surface area contributed by atoms with Crippen molar-refractivity contribution in [2.24, 2.45) is 0 Å². The van der Waals surface area contributed by atoms with Crippen LogP contribution in [0.1, 0.15) is 20.8 Å². The fourth-order valence-electron chi connectivity index (χ4n) is 1.45. The molecule has 0 fully saturated rings. The second kappa shape index (κ2) is 5.54. The van der Waals surface area contributed by atoms with Crippen LogP contribution in [0.15, 0.2) is 34.1 Å². The van der Waals surface area contributed by atoms with Gasteiger partial charge in [0, 0.05) is 10.2 Å². The average Bonchev–Trinajstić information content (AvgIpc) is 2.75. The number of aryl methyl sites for hydroxylation is 1. The molecule has 0 aliphatic rings. The number of carbonyl (C=O) groups excluding carboxylic acids is 1. The van der Waals surface area contributed by atoms with Gasteiger partial charge in [0.1, 0.15) is 6.61 Å². The van der Waals surface area contributed by atoms with Gasteiger partial charge < -0.3 is 10.5 Å². The molecule has 1 aromatic carbocycles. The number of rotatable bonds is 3. The number of halogens is 1. The fraction of sp³-hybridized carbons (Fsp3) is 0.154. The Bertz CT molecular complexity index is 580. The highest BCUT2D eigenvalue weighted by molar-refractivity contribution is 9.10. The molecule has 0 saturated carbocycles. The summed E-state index contributed by atoms with van der Waals surface area (Å²) in [5, 5.41) is 1.95. The third-order valence-corrected chi connectivity index (χ3v) is 4.43. The van der Waals surface area contributed by atoms with Gasteiger partial charge in [-0.2, -0.15) is 0 Å². The molecule has 5 heteroatoms. The Hall–Kier alpha value is -1.33. The van der Waals surface area contributed by atoms with Gasteiger partial charge in [-0.25, -0.2) is 4.79 Å². The number of thiophene rings is 1. The molecule has 0 bridgehead atoms. The van der Waals surface area contributed by atoms with Gasteiger partial charge in [0.05, 0.1) is 10.4 Å². The molecule has 0 radical (unpaired) electrons. The number of ether oxygens (including phenoxy) is 1. The van der Waals surface area contributed by atoms with Crippen molar-refractivity contribution in [1.29, 1.82) is 0 Å². The molecule has 2 N–H and O–H groups in total. The van der Waals surface area contributed by atoms with Crippen LogP contribution in [0.4, 0.5) is 5.69 Å². The average molecular weight is 326 g/mol. The molecule has 0 aliphatic heterocycles. The maximum absolute atomic E-state index is 11.8. The lowest BCUT2D eigenvalue weighted by Gasteiger charge is -2.06. The number of anilines is 1. The molecular weight excluding hydrogens is 314 g/mol. The molecule has 0 unspecified atom stereocenters. The zero-order valence-electron chi connectivity index (χ0n) is 9.77. The van der Waals surface area contributed by atoms with E-state index in [-0.39, 0.29) is 12.6 Å². The first-order valence-electron chi connectivity index (χ1n) is 5.33. The number of esters is 1. The van der Waals surface area contributed by atoms with Gasteiger partial charge in [-0.3, -0.25) is 0 Å². The molecule has 0 amide bonds. The maximum Gasteiger partial charge on any atom is 0.338 e. The van der Waals surface area contributed by atoms with Crippen LogP contribution in [0, 0.1) is 6.92 Å². The first-order valence-corrected chi connectivity index (χ1v) is 7.00. The van der Waals surface area contributed by atoms with Crippen molar-refractivity contribution in [3.8, 4) is 0 Å². The number of benzene rings is 1. The number of hydrogen-bond donors (Lipinski definition) is 1. The third kappa shape index (κ3) is 2.91. The third-order valence-electron chi connectivity index (χ3n) is 2.53. The van der Waals surface area contributed by atoms with Crippen LogP contribution in [0.5, 0.6) is 0 Å². The highest BCUT2D eigenvalue weighted by atomic mass is 79.9. The van der Waals surface area contributed by atoms with E-state index in [0.717, 1.165) is 14.9 Å². The highest BCUT2D eigenvalue weighted by Gasteiger charge is 2.10. The predicted molar refractivity (Wildman–Crippen MR) is 76.7 cm³/mol. The van der Waals surface area contributed by atoms with Gasteiger partial charge in [0.15, 0.2) is 0 Å². The van der Waals surface area contributed by atoms with Gasteiger partial charge in [0.25, 0.3) is 0 Å². The number of nitrogen functional groups attached to an aromatic ring is 1. The molecule has 1 heterocycles.